The molecule has 2 saturated heterocycles. The summed E-state index contributed by atoms with van der Waals surface area (Å²) in [7, 11) is 1.62. The van der Waals surface area contributed by atoms with E-state index in [1.807, 2.05) is 12.1 Å². The largest absolute Gasteiger partial charge is 0.443 e. The number of amides is 2. The fraction of sp³-hybridized carbons (Fsp3) is 0.583. The van der Waals surface area contributed by atoms with Crippen molar-refractivity contribution in [1.82, 2.24) is 5.32 Å². The van der Waals surface area contributed by atoms with Crippen LogP contribution in [-0.2, 0) is 23.7 Å². The Balaban J connectivity index is 1.30. The van der Waals surface area contributed by atoms with Gasteiger partial charge in [-0.2, -0.15) is 0 Å². The number of hydrogen-bond donors (Lipinski definition) is 2. The van der Waals surface area contributed by atoms with Gasteiger partial charge in [0.2, 0.25) is 5.91 Å². The molecule has 1 aliphatic carbocycles. The van der Waals surface area contributed by atoms with Gasteiger partial charge < -0.3 is 24.7 Å². The number of methoxy groups -OCH3 is 1. The SMILES string of the molecule is COC1C(OC(=O)NC(=O)CSc2ccc(N)cc2)CCC2(CO2)C1C1OC1CC=C(C)C. The number of thioether (sulfide) groups is 1. The Morgan fingerprint density at radius 2 is 2.03 bits per heavy atom. The summed E-state index contributed by atoms with van der Waals surface area (Å²) in [4.78, 5) is 25.6. The molecule has 2 aliphatic heterocycles. The first-order chi connectivity index (χ1) is 15.8. The molecule has 8 nitrogen and oxygen atoms in total. The number of rotatable bonds is 8. The van der Waals surface area contributed by atoms with Gasteiger partial charge in [0.25, 0.3) is 0 Å². The molecule has 0 aromatic heterocycles. The van der Waals surface area contributed by atoms with Crippen molar-refractivity contribution in [2.75, 3.05) is 25.2 Å². The van der Waals surface area contributed by atoms with Crippen LogP contribution in [0.4, 0.5) is 10.5 Å². The van der Waals surface area contributed by atoms with Crippen molar-refractivity contribution < 1.29 is 28.5 Å². The molecule has 1 aromatic carbocycles. The van der Waals surface area contributed by atoms with Gasteiger partial charge in [0.15, 0.2) is 0 Å². The first-order valence-corrected chi connectivity index (χ1v) is 12.2. The Bertz CT molecular complexity index is 897. The third kappa shape index (κ3) is 5.90. The molecule has 1 spiro atoms. The summed E-state index contributed by atoms with van der Waals surface area (Å²) in [6.45, 7) is 4.81. The maximum Gasteiger partial charge on any atom is 0.414 e. The van der Waals surface area contributed by atoms with Crippen LogP contribution >= 0.6 is 11.8 Å². The minimum Gasteiger partial charge on any atom is -0.443 e. The van der Waals surface area contributed by atoms with Crippen LogP contribution in [0.5, 0.6) is 0 Å². The number of ether oxygens (including phenoxy) is 4. The third-order valence-electron chi connectivity index (χ3n) is 6.45. The monoisotopic (exact) mass is 476 g/mol. The highest BCUT2D eigenvalue weighted by Gasteiger charge is 2.66. The van der Waals surface area contributed by atoms with Crippen LogP contribution in [0.2, 0.25) is 0 Å². The van der Waals surface area contributed by atoms with Gasteiger partial charge >= 0.3 is 6.09 Å². The zero-order valence-electron chi connectivity index (χ0n) is 19.2. The Labute approximate surface area is 198 Å². The summed E-state index contributed by atoms with van der Waals surface area (Å²) < 4.78 is 23.3. The maximum atomic E-state index is 12.4. The van der Waals surface area contributed by atoms with Gasteiger partial charge in [-0.15, -0.1) is 11.8 Å². The second kappa shape index (κ2) is 10.0. The zero-order chi connectivity index (χ0) is 23.6. The predicted octanol–water partition coefficient (Wildman–Crippen LogP) is 3.30. The van der Waals surface area contributed by atoms with Gasteiger partial charge in [0.05, 0.1) is 30.2 Å². The highest BCUT2D eigenvalue weighted by atomic mass is 32.2. The van der Waals surface area contributed by atoms with Crippen molar-refractivity contribution in [3.05, 3.63) is 35.9 Å². The molecule has 2 amide bonds. The summed E-state index contributed by atoms with van der Waals surface area (Å²) >= 11 is 1.32. The van der Waals surface area contributed by atoms with Crippen LogP contribution in [-0.4, -0.2) is 61.5 Å². The topological polar surface area (TPSA) is 116 Å². The van der Waals surface area contributed by atoms with Crippen LogP contribution in [0, 0.1) is 5.92 Å². The van der Waals surface area contributed by atoms with E-state index >= 15 is 0 Å². The van der Waals surface area contributed by atoms with Gasteiger partial charge in [-0.05, 0) is 57.4 Å². The number of hydrogen-bond acceptors (Lipinski definition) is 8. The molecule has 6 atom stereocenters. The molecule has 4 rings (SSSR count). The first kappa shape index (κ1) is 24.1. The Hall–Kier alpha value is -2.07. The molecule has 0 radical (unpaired) electrons. The van der Waals surface area contributed by atoms with E-state index in [9.17, 15) is 9.59 Å². The lowest BCUT2D eigenvalue weighted by Crippen LogP contribution is -2.53. The van der Waals surface area contributed by atoms with Crippen molar-refractivity contribution in [1.29, 1.82) is 0 Å². The number of nitrogen functional groups attached to an aromatic ring is 1. The molecular weight excluding hydrogens is 444 g/mol. The molecule has 6 unspecified atom stereocenters. The average Bonchev–Trinajstić information content (AvgIpc) is 3.70. The fourth-order valence-corrected chi connectivity index (χ4v) is 5.33. The van der Waals surface area contributed by atoms with Crippen molar-refractivity contribution >= 4 is 29.4 Å². The molecule has 1 aromatic rings. The third-order valence-corrected chi connectivity index (χ3v) is 7.46. The molecule has 33 heavy (non-hydrogen) atoms. The second-order valence-electron chi connectivity index (χ2n) is 9.12. The first-order valence-electron chi connectivity index (χ1n) is 11.3. The Kier molecular flexibility index (Phi) is 7.33. The van der Waals surface area contributed by atoms with E-state index in [-0.39, 0.29) is 35.6 Å². The summed E-state index contributed by atoms with van der Waals surface area (Å²) in [6.07, 6.45) is 2.97. The van der Waals surface area contributed by atoms with Gasteiger partial charge in [-0.3, -0.25) is 10.1 Å². The van der Waals surface area contributed by atoms with Gasteiger partial charge in [0.1, 0.15) is 12.2 Å². The van der Waals surface area contributed by atoms with Crippen molar-refractivity contribution in [3.8, 4) is 0 Å². The van der Waals surface area contributed by atoms with E-state index in [2.05, 4.69) is 25.2 Å². The number of nitrogens with two attached hydrogens (primary N) is 1. The second-order valence-corrected chi connectivity index (χ2v) is 10.2. The van der Waals surface area contributed by atoms with Gasteiger partial charge in [-0.25, -0.2) is 4.79 Å². The number of carbonyl (C=O) groups excluding carboxylic acids is 2. The number of allylic oxidation sites excluding steroid dienone is 1. The molecule has 3 aliphatic rings. The van der Waals surface area contributed by atoms with E-state index in [1.165, 1.54) is 17.3 Å². The summed E-state index contributed by atoms with van der Waals surface area (Å²) in [5.41, 5.74) is 7.32. The van der Waals surface area contributed by atoms with Gasteiger partial charge in [0, 0.05) is 23.6 Å². The number of nitrogens with one attached hydrogen (secondary N) is 1. The molecule has 0 bridgehead atoms. The van der Waals surface area contributed by atoms with E-state index in [0.717, 1.165) is 17.7 Å². The average molecular weight is 477 g/mol. The number of carbonyl (C=O) groups is 2. The minimum absolute atomic E-state index is 0.0126. The molecule has 3 N–H and O–H groups in total. The molecule has 180 valence electrons. The predicted molar refractivity (Wildman–Crippen MR) is 125 cm³/mol. The lowest BCUT2D eigenvalue weighted by Gasteiger charge is -2.39. The van der Waals surface area contributed by atoms with Crippen LogP contribution in [0.3, 0.4) is 0 Å². The summed E-state index contributed by atoms with van der Waals surface area (Å²) in [5.74, 6) is -0.335. The summed E-state index contributed by atoms with van der Waals surface area (Å²) in [6, 6.07) is 7.20. The molecule has 3 fully saturated rings. The molecule has 2 heterocycles. The van der Waals surface area contributed by atoms with Crippen LogP contribution in [0.15, 0.2) is 40.8 Å². The van der Waals surface area contributed by atoms with E-state index in [1.54, 1.807) is 19.2 Å². The molecular formula is C24H32N2O6S. The standard InChI is InChI=1S/C24H32N2O6S/c1-14(2)4-9-17-22(31-17)20-21(29-3)18(10-11-24(20)13-30-24)32-23(28)26-19(27)12-33-16-7-5-15(25)6-8-16/h4-8,17-18,20-22H,9-13,25H2,1-3H3,(H,26,27,28). The minimum atomic E-state index is -0.755. The highest BCUT2D eigenvalue weighted by Crippen LogP contribution is 2.54. The number of benzene rings is 1. The lowest BCUT2D eigenvalue weighted by atomic mass is 9.73. The number of imide groups is 1. The summed E-state index contributed by atoms with van der Waals surface area (Å²) in [5, 5.41) is 2.32. The molecule has 1 saturated carbocycles. The van der Waals surface area contributed by atoms with Crippen molar-refractivity contribution in [3.63, 3.8) is 0 Å². The van der Waals surface area contributed by atoms with E-state index < -0.39 is 18.1 Å². The Morgan fingerprint density at radius 3 is 2.67 bits per heavy atom. The zero-order valence-corrected chi connectivity index (χ0v) is 20.1. The van der Waals surface area contributed by atoms with E-state index in [4.69, 9.17) is 24.7 Å². The van der Waals surface area contributed by atoms with Crippen molar-refractivity contribution in [2.45, 2.75) is 68.0 Å². The molecule has 9 heteroatoms. The lowest BCUT2D eigenvalue weighted by molar-refractivity contribution is -0.120. The quantitative estimate of drug-likeness (QED) is 0.254. The highest BCUT2D eigenvalue weighted by molar-refractivity contribution is 8.00. The normalized spacial score (nSPS) is 32.2. The maximum absolute atomic E-state index is 12.4. The fourth-order valence-electron chi connectivity index (χ4n) is 4.63. The van der Waals surface area contributed by atoms with Gasteiger partial charge in [-0.1, -0.05) is 11.6 Å². The Morgan fingerprint density at radius 1 is 1.30 bits per heavy atom. The van der Waals surface area contributed by atoms with Crippen LogP contribution < -0.4 is 11.1 Å². The van der Waals surface area contributed by atoms with Crippen LogP contribution in [0.1, 0.15) is 33.1 Å². The number of anilines is 1. The number of alkyl carbamates (subject to hydrolysis) is 1. The van der Waals surface area contributed by atoms with Crippen LogP contribution in [0.25, 0.3) is 0 Å². The smallest absolute Gasteiger partial charge is 0.414 e. The number of epoxide rings is 2. The van der Waals surface area contributed by atoms with E-state index in [0.29, 0.717) is 18.7 Å². The van der Waals surface area contributed by atoms with Crippen molar-refractivity contribution in [2.24, 2.45) is 5.92 Å².